The molecule has 1 amide bonds. The third-order valence-corrected chi connectivity index (χ3v) is 7.84. The molecule has 0 bridgehead atoms. The van der Waals surface area contributed by atoms with E-state index in [2.05, 4.69) is 15.1 Å². The van der Waals surface area contributed by atoms with Gasteiger partial charge in [-0.15, -0.1) is 0 Å². The number of benzene rings is 3. The van der Waals surface area contributed by atoms with E-state index in [1.807, 2.05) is 56.3 Å². The van der Waals surface area contributed by atoms with Crippen molar-refractivity contribution in [3.05, 3.63) is 101 Å². The summed E-state index contributed by atoms with van der Waals surface area (Å²) >= 11 is 0. The number of amides is 1. The maximum Gasteiger partial charge on any atom is 0.326 e. The molecule has 2 atom stereocenters. The zero-order valence-corrected chi connectivity index (χ0v) is 24.6. The molecule has 4 rings (SSSR count). The Morgan fingerprint density at radius 2 is 1.53 bits per heavy atom. The van der Waals surface area contributed by atoms with Gasteiger partial charge in [0.1, 0.15) is 11.9 Å². The monoisotopic (exact) mass is 590 g/mol. The van der Waals surface area contributed by atoms with Crippen molar-refractivity contribution >= 4 is 23.5 Å². The first-order valence-corrected chi connectivity index (χ1v) is 14.6. The van der Waals surface area contributed by atoms with Gasteiger partial charge < -0.3 is 20.4 Å². The maximum absolute atomic E-state index is 13.4. The molecular formula is C33H39FN4O5. The van der Waals surface area contributed by atoms with Gasteiger partial charge in [0, 0.05) is 57.1 Å². The Morgan fingerprint density at radius 1 is 0.884 bits per heavy atom. The Bertz CT molecular complexity index is 1390. The molecule has 1 unspecified atom stereocenters. The minimum atomic E-state index is -1.27. The van der Waals surface area contributed by atoms with Crippen molar-refractivity contribution in [2.45, 2.75) is 38.9 Å². The van der Waals surface area contributed by atoms with Crippen molar-refractivity contribution in [3.8, 4) is 0 Å². The Kier molecular flexibility index (Phi) is 10.9. The molecule has 0 spiro atoms. The lowest BCUT2D eigenvalue weighted by Gasteiger charge is -2.40. The molecule has 9 nitrogen and oxygen atoms in total. The molecule has 10 heteroatoms. The van der Waals surface area contributed by atoms with E-state index in [9.17, 15) is 23.9 Å². The fraction of sp³-hybridized carbons (Fsp3) is 0.364. The van der Waals surface area contributed by atoms with E-state index in [1.54, 1.807) is 23.1 Å². The minimum absolute atomic E-state index is 0.0214. The summed E-state index contributed by atoms with van der Waals surface area (Å²) in [7, 11) is 0. The van der Waals surface area contributed by atoms with Gasteiger partial charge in [0.15, 0.2) is 0 Å². The van der Waals surface area contributed by atoms with Crippen molar-refractivity contribution in [1.82, 2.24) is 14.7 Å². The highest BCUT2D eigenvalue weighted by Crippen LogP contribution is 2.32. The lowest BCUT2D eigenvalue weighted by molar-refractivity contribution is -0.144. The maximum atomic E-state index is 13.4. The van der Waals surface area contributed by atoms with Crippen LogP contribution in [0.2, 0.25) is 0 Å². The molecule has 0 aliphatic carbocycles. The number of carbonyl (C=O) groups is 3. The van der Waals surface area contributed by atoms with E-state index >= 15 is 0 Å². The molecule has 3 aromatic carbocycles. The van der Waals surface area contributed by atoms with Crippen LogP contribution in [0.5, 0.6) is 0 Å². The van der Waals surface area contributed by atoms with Crippen LogP contribution in [-0.4, -0.2) is 88.1 Å². The first kappa shape index (κ1) is 31.7. The van der Waals surface area contributed by atoms with Gasteiger partial charge in [0.25, 0.3) is 5.91 Å². The second kappa shape index (κ2) is 14.8. The number of halogens is 1. The van der Waals surface area contributed by atoms with Gasteiger partial charge in [-0.2, -0.15) is 0 Å². The summed E-state index contributed by atoms with van der Waals surface area (Å²) in [6.45, 7) is 8.97. The number of anilines is 1. The van der Waals surface area contributed by atoms with E-state index in [4.69, 9.17) is 5.11 Å². The number of carboxylic acid groups (broad SMARTS) is 2. The minimum Gasteiger partial charge on any atom is -0.481 e. The zero-order chi connectivity index (χ0) is 30.9. The number of nitrogens with zero attached hydrogens (tertiary/aromatic N) is 3. The van der Waals surface area contributed by atoms with Crippen LogP contribution in [0.1, 0.15) is 53.4 Å². The quantitative estimate of drug-likeness (QED) is 0.266. The first-order valence-electron chi connectivity index (χ1n) is 14.6. The summed E-state index contributed by atoms with van der Waals surface area (Å²) in [4.78, 5) is 42.3. The largest absolute Gasteiger partial charge is 0.481 e. The van der Waals surface area contributed by atoms with Crippen LogP contribution in [-0.2, 0) is 16.1 Å². The number of carboxylic acids is 2. The van der Waals surface area contributed by atoms with Gasteiger partial charge in [0.2, 0.25) is 0 Å². The van der Waals surface area contributed by atoms with Crippen molar-refractivity contribution in [2.75, 3.05) is 44.6 Å². The number of nitrogens with one attached hydrogen (secondary N) is 1. The van der Waals surface area contributed by atoms with Crippen molar-refractivity contribution in [1.29, 1.82) is 0 Å². The lowest BCUT2D eigenvalue weighted by Crippen LogP contribution is -2.47. The normalized spacial score (nSPS) is 15.4. The molecule has 1 aliphatic rings. The van der Waals surface area contributed by atoms with Crippen LogP contribution < -0.4 is 5.32 Å². The zero-order valence-electron chi connectivity index (χ0n) is 24.6. The summed E-state index contributed by atoms with van der Waals surface area (Å²) in [5.41, 5.74) is 4.08. The van der Waals surface area contributed by atoms with E-state index in [0.29, 0.717) is 24.3 Å². The second-order valence-corrected chi connectivity index (χ2v) is 10.7. The molecule has 0 saturated carbocycles. The third kappa shape index (κ3) is 8.39. The van der Waals surface area contributed by atoms with Crippen molar-refractivity contribution in [3.63, 3.8) is 0 Å². The molecule has 0 aromatic heterocycles. The van der Waals surface area contributed by atoms with Crippen molar-refractivity contribution < 1.29 is 29.0 Å². The first-order chi connectivity index (χ1) is 20.7. The van der Waals surface area contributed by atoms with Crippen molar-refractivity contribution in [2.24, 2.45) is 0 Å². The van der Waals surface area contributed by atoms with Crippen LogP contribution in [0, 0.1) is 5.82 Å². The molecular weight excluding hydrogens is 551 g/mol. The predicted octanol–water partition coefficient (Wildman–Crippen LogP) is 4.55. The number of hydrogen-bond acceptors (Lipinski definition) is 6. The number of rotatable bonds is 13. The van der Waals surface area contributed by atoms with Crippen LogP contribution >= 0.6 is 0 Å². The SMILES string of the molecule is CCN(CC)C(=O)c1ccc([C@H](c2cccc(NC(CC(=O)O)C(=O)O)c2)N2CCN(Cc3ccc(F)cc3)CC2)cc1. The van der Waals surface area contributed by atoms with Gasteiger partial charge in [-0.25, -0.2) is 9.18 Å². The summed E-state index contributed by atoms with van der Waals surface area (Å²) in [5.74, 6) is -2.72. The van der Waals surface area contributed by atoms with Crippen LogP contribution in [0.15, 0.2) is 72.8 Å². The number of hydrogen-bond donors (Lipinski definition) is 3. The third-order valence-electron chi connectivity index (χ3n) is 7.84. The number of aliphatic carboxylic acids is 2. The fourth-order valence-corrected chi connectivity index (χ4v) is 5.52. The van der Waals surface area contributed by atoms with E-state index in [-0.39, 0.29) is 17.8 Å². The second-order valence-electron chi connectivity index (χ2n) is 10.7. The molecule has 43 heavy (non-hydrogen) atoms. The van der Waals surface area contributed by atoms with E-state index in [0.717, 1.165) is 49.4 Å². The molecule has 3 aromatic rings. The van der Waals surface area contributed by atoms with Crippen LogP contribution in [0.25, 0.3) is 0 Å². The van der Waals surface area contributed by atoms with Gasteiger partial charge in [0.05, 0.1) is 12.5 Å². The van der Waals surface area contributed by atoms with Gasteiger partial charge in [-0.05, 0) is 66.9 Å². The molecule has 0 radical (unpaired) electrons. The fourth-order valence-electron chi connectivity index (χ4n) is 5.52. The van der Waals surface area contributed by atoms with Crippen LogP contribution in [0.3, 0.4) is 0 Å². The van der Waals surface area contributed by atoms with Gasteiger partial charge in [-0.3, -0.25) is 19.4 Å². The molecule has 1 saturated heterocycles. The summed E-state index contributed by atoms with van der Waals surface area (Å²) in [6.07, 6.45) is -0.555. The van der Waals surface area contributed by atoms with E-state index in [1.165, 1.54) is 12.1 Å². The molecule has 1 aliphatic heterocycles. The van der Waals surface area contributed by atoms with Gasteiger partial charge in [-0.1, -0.05) is 36.4 Å². The average Bonchev–Trinajstić information content (AvgIpc) is 3.00. The summed E-state index contributed by atoms with van der Waals surface area (Å²) < 4.78 is 13.4. The number of carbonyl (C=O) groups excluding carboxylic acids is 1. The molecule has 1 fully saturated rings. The molecule has 3 N–H and O–H groups in total. The number of piperazine rings is 1. The lowest BCUT2D eigenvalue weighted by atomic mass is 9.94. The highest BCUT2D eigenvalue weighted by molar-refractivity contribution is 5.94. The Balaban J connectivity index is 1.59. The van der Waals surface area contributed by atoms with Crippen LogP contribution in [0.4, 0.5) is 10.1 Å². The van der Waals surface area contributed by atoms with Gasteiger partial charge >= 0.3 is 11.9 Å². The standard InChI is InChI=1S/C33H39FN4O5/c1-3-37(4-2)32(41)25-12-10-24(11-13-25)31(26-6-5-7-28(20-26)35-29(33(42)43)21-30(39)40)38-18-16-36(17-19-38)22-23-8-14-27(34)15-9-23/h5-15,20,29,31,35H,3-4,16-19,21-22H2,1-2H3,(H,39,40)(H,42,43)/t29?,31-/m1/s1. The predicted molar refractivity (Wildman–Crippen MR) is 163 cm³/mol. The summed E-state index contributed by atoms with van der Waals surface area (Å²) in [5, 5.41) is 21.6. The highest BCUT2D eigenvalue weighted by Gasteiger charge is 2.28. The highest BCUT2D eigenvalue weighted by atomic mass is 19.1. The Morgan fingerprint density at radius 3 is 2.12 bits per heavy atom. The topological polar surface area (TPSA) is 113 Å². The molecule has 228 valence electrons. The smallest absolute Gasteiger partial charge is 0.326 e. The van der Waals surface area contributed by atoms with E-state index < -0.39 is 24.4 Å². The molecule has 1 heterocycles. The Hall–Kier alpha value is -4.28. The summed E-state index contributed by atoms with van der Waals surface area (Å²) in [6, 6.07) is 20.1. The average molecular weight is 591 g/mol. The Labute approximate surface area is 251 Å².